The zero-order valence-electron chi connectivity index (χ0n) is 16.3. The van der Waals surface area contributed by atoms with Crippen molar-refractivity contribution in [3.63, 3.8) is 0 Å². The lowest BCUT2D eigenvalue weighted by Gasteiger charge is -2.17. The van der Waals surface area contributed by atoms with Crippen LogP contribution in [0.3, 0.4) is 0 Å². The second kappa shape index (κ2) is 7.68. The van der Waals surface area contributed by atoms with Crippen molar-refractivity contribution in [1.29, 1.82) is 0 Å². The molecule has 0 saturated carbocycles. The van der Waals surface area contributed by atoms with Crippen molar-refractivity contribution in [3.05, 3.63) is 75.1 Å². The van der Waals surface area contributed by atoms with E-state index in [-0.39, 0.29) is 5.56 Å². The number of ether oxygens (including phenoxy) is 1. The minimum Gasteiger partial charge on any atom is -0.449 e. The smallest absolute Gasteiger partial charge is 0.339 e. The maximum Gasteiger partial charge on any atom is 0.339 e. The number of anilines is 1. The van der Waals surface area contributed by atoms with Crippen LogP contribution >= 0.6 is 0 Å². The molecule has 0 bridgehead atoms. The summed E-state index contributed by atoms with van der Waals surface area (Å²) in [7, 11) is 0. The number of esters is 1. The second-order valence-electron chi connectivity index (χ2n) is 6.90. The van der Waals surface area contributed by atoms with Crippen LogP contribution in [0.5, 0.6) is 0 Å². The number of hydrogen-bond acceptors (Lipinski definition) is 4. The van der Waals surface area contributed by atoms with Gasteiger partial charge in [-0.1, -0.05) is 35.9 Å². The van der Waals surface area contributed by atoms with E-state index in [1.807, 2.05) is 32.9 Å². The summed E-state index contributed by atoms with van der Waals surface area (Å²) in [5.74, 6) is -1.15. The van der Waals surface area contributed by atoms with Crippen LogP contribution in [-0.4, -0.2) is 23.0 Å². The van der Waals surface area contributed by atoms with Crippen molar-refractivity contribution in [2.24, 2.45) is 0 Å². The maximum atomic E-state index is 12.6. The Morgan fingerprint density at radius 3 is 2.36 bits per heavy atom. The Morgan fingerprint density at radius 2 is 1.68 bits per heavy atom. The van der Waals surface area contributed by atoms with Gasteiger partial charge < -0.3 is 15.0 Å². The standard InChI is InChI=1S/C22H22N2O4/c1-12-9-13(2)20(14(3)10-12)24-21(26)15(4)28-22(27)17-11-19(25)23-18-8-6-5-7-16(17)18/h5-11,15H,1-4H3,(H,23,25)(H,24,26)/t15-/m1/s1. The first-order valence-electron chi connectivity index (χ1n) is 8.98. The summed E-state index contributed by atoms with van der Waals surface area (Å²) in [6.07, 6.45) is -1.02. The van der Waals surface area contributed by atoms with E-state index in [1.54, 1.807) is 24.3 Å². The van der Waals surface area contributed by atoms with Crippen molar-refractivity contribution in [1.82, 2.24) is 4.98 Å². The zero-order chi connectivity index (χ0) is 20.4. The van der Waals surface area contributed by atoms with Crippen LogP contribution < -0.4 is 10.9 Å². The highest BCUT2D eigenvalue weighted by Gasteiger charge is 2.22. The van der Waals surface area contributed by atoms with Crippen molar-refractivity contribution in [2.45, 2.75) is 33.8 Å². The quantitative estimate of drug-likeness (QED) is 0.679. The second-order valence-corrected chi connectivity index (χ2v) is 6.90. The van der Waals surface area contributed by atoms with E-state index in [1.165, 1.54) is 13.0 Å². The highest BCUT2D eigenvalue weighted by molar-refractivity contribution is 6.04. The fourth-order valence-electron chi connectivity index (χ4n) is 3.25. The highest BCUT2D eigenvalue weighted by Crippen LogP contribution is 2.22. The molecule has 6 heteroatoms. The summed E-state index contributed by atoms with van der Waals surface area (Å²) in [6, 6.07) is 12.1. The number of benzene rings is 2. The van der Waals surface area contributed by atoms with Gasteiger partial charge in [-0.05, 0) is 44.9 Å². The SMILES string of the molecule is Cc1cc(C)c(NC(=O)[C@@H](C)OC(=O)c2cc(=O)[nH]c3ccccc23)c(C)c1. The lowest BCUT2D eigenvalue weighted by Crippen LogP contribution is -2.31. The number of amides is 1. The molecule has 28 heavy (non-hydrogen) atoms. The minimum absolute atomic E-state index is 0.127. The van der Waals surface area contributed by atoms with Crippen LogP contribution in [0.25, 0.3) is 10.9 Å². The third-order valence-corrected chi connectivity index (χ3v) is 4.55. The Kier molecular flexibility index (Phi) is 5.31. The molecule has 1 heterocycles. The zero-order valence-corrected chi connectivity index (χ0v) is 16.3. The lowest BCUT2D eigenvalue weighted by molar-refractivity contribution is -0.123. The van der Waals surface area contributed by atoms with E-state index in [4.69, 9.17) is 4.74 Å². The van der Waals surface area contributed by atoms with Crippen LogP contribution in [0.2, 0.25) is 0 Å². The van der Waals surface area contributed by atoms with Gasteiger partial charge in [0.05, 0.1) is 5.56 Å². The van der Waals surface area contributed by atoms with Gasteiger partial charge in [0.2, 0.25) is 5.56 Å². The molecular weight excluding hydrogens is 356 g/mol. The lowest BCUT2D eigenvalue weighted by atomic mass is 10.0. The Morgan fingerprint density at radius 1 is 1.04 bits per heavy atom. The van der Waals surface area contributed by atoms with E-state index < -0.39 is 23.5 Å². The number of nitrogens with one attached hydrogen (secondary N) is 2. The third-order valence-electron chi connectivity index (χ3n) is 4.55. The molecule has 0 saturated heterocycles. The number of pyridine rings is 1. The fourth-order valence-corrected chi connectivity index (χ4v) is 3.25. The number of fused-ring (bicyclic) bond motifs is 1. The van der Waals surface area contributed by atoms with E-state index in [0.29, 0.717) is 16.6 Å². The number of hydrogen-bond donors (Lipinski definition) is 2. The van der Waals surface area contributed by atoms with Crippen LogP contribution in [0.15, 0.2) is 47.3 Å². The number of carbonyl (C=O) groups excluding carboxylic acids is 2. The van der Waals surface area contributed by atoms with Crippen molar-refractivity contribution in [2.75, 3.05) is 5.32 Å². The largest absolute Gasteiger partial charge is 0.449 e. The third kappa shape index (κ3) is 3.96. The molecule has 3 aromatic rings. The number of aromatic nitrogens is 1. The summed E-state index contributed by atoms with van der Waals surface area (Å²) in [6.45, 7) is 7.31. The Bertz CT molecular complexity index is 1110. The predicted octanol–water partition coefficient (Wildman–Crippen LogP) is 3.64. The highest BCUT2D eigenvalue weighted by atomic mass is 16.5. The number of carbonyl (C=O) groups is 2. The van der Waals surface area contributed by atoms with Gasteiger partial charge >= 0.3 is 5.97 Å². The fraction of sp³-hybridized carbons (Fsp3) is 0.227. The molecule has 0 aliphatic carbocycles. The van der Waals surface area contributed by atoms with Gasteiger partial charge in [-0.2, -0.15) is 0 Å². The van der Waals surface area contributed by atoms with Gasteiger partial charge in [-0.15, -0.1) is 0 Å². The molecule has 0 fully saturated rings. The Labute approximate surface area is 162 Å². The van der Waals surface area contributed by atoms with Crippen molar-refractivity contribution >= 4 is 28.5 Å². The molecular formula is C22H22N2O4. The van der Waals surface area contributed by atoms with Gasteiger partial charge in [0.1, 0.15) is 0 Å². The van der Waals surface area contributed by atoms with E-state index in [2.05, 4.69) is 10.3 Å². The molecule has 6 nitrogen and oxygen atoms in total. The van der Waals surface area contributed by atoms with Gasteiger partial charge in [0.15, 0.2) is 6.10 Å². The molecule has 0 radical (unpaired) electrons. The number of rotatable bonds is 4. The van der Waals surface area contributed by atoms with Gasteiger partial charge in [-0.3, -0.25) is 9.59 Å². The number of para-hydroxylation sites is 1. The number of aromatic amines is 1. The monoisotopic (exact) mass is 378 g/mol. The van der Waals surface area contributed by atoms with Gasteiger partial charge in [0.25, 0.3) is 5.91 Å². The molecule has 0 spiro atoms. The summed E-state index contributed by atoms with van der Waals surface area (Å²) in [5, 5.41) is 3.39. The summed E-state index contributed by atoms with van der Waals surface area (Å²) < 4.78 is 5.33. The average Bonchev–Trinajstić information content (AvgIpc) is 2.63. The Hall–Kier alpha value is -3.41. The van der Waals surface area contributed by atoms with Crippen LogP contribution in [0.4, 0.5) is 5.69 Å². The average molecular weight is 378 g/mol. The summed E-state index contributed by atoms with van der Waals surface area (Å²) >= 11 is 0. The summed E-state index contributed by atoms with van der Waals surface area (Å²) in [5.41, 5.74) is 3.93. The molecule has 3 rings (SSSR count). The van der Waals surface area contributed by atoms with E-state index in [9.17, 15) is 14.4 Å². The first kappa shape index (κ1) is 19.4. The van der Waals surface area contributed by atoms with Crippen LogP contribution in [-0.2, 0) is 9.53 Å². The molecule has 0 aliphatic heterocycles. The molecule has 0 aliphatic rings. The predicted molar refractivity (Wildman–Crippen MR) is 109 cm³/mol. The maximum absolute atomic E-state index is 12.6. The van der Waals surface area contributed by atoms with E-state index >= 15 is 0 Å². The van der Waals surface area contributed by atoms with E-state index in [0.717, 1.165) is 16.7 Å². The molecule has 2 N–H and O–H groups in total. The Balaban J connectivity index is 1.80. The number of H-pyrrole nitrogens is 1. The molecule has 1 amide bonds. The normalized spacial score (nSPS) is 11.9. The first-order chi connectivity index (χ1) is 13.3. The molecule has 1 aromatic heterocycles. The van der Waals surface area contributed by atoms with Gasteiger partial charge in [-0.25, -0.2) is 4.79 Å². The van der Waals surface area contributed by atoms with Crippen molar-refractivity contribution in [3.8, 4) is 0 Å². The molecule has 0 unspecified atom stereocenters. The molecule has 1 atom stereocenters. The molecule has 144 valence electrons. The van der Waals surface area contributed by atoms with Gasteiger partial charge in [0, 0.05) is 22.7 Å². The van der Waals surface area contributed by atoms with Crippen molar-refractivity contribution < 1.29 is 14.3 Å². The topological polar surface area (TPSA) is 88.3 Å². The first-order valence-corrected chi connectivity index (χ1v) is 8.98. The van der Waals surface area contributed by atoms with Crippen LogP contribution in [0.1, 0.15) is 34.0 Å². The molecule has 2 aromatic carbocycles. The number of aryl methyl sites for hydroxylation is 3. The summed E-state index contributed by atoms with van der Waals surface area (Å²) in [4.78, 5) is 39.6. The minimum atomic E-state index is -1.02. The van der Waals surface area contributed by atoms with Crippen LogP contribution in [0, 0.1) is 20.8 Å².